The zero-order valence-electron chi connectivity index (χ0n) is 17.8. The van der Waals surface area contributed by atoms with Crippen LogP contribution in [0.15, 0.2) is 42.6 Å². The van der Waals surface area contributed by atoms with Crippen molar-refractivity contribution in [2.75, 3.05) is 5.32 Å². The van der Waals surface area contributed by atoms with E-state index in [0.29, 0.717) is 39.8 Å². The molecule has 33 heavy (non-hydrogen) atoms. The monoisotopic (exact) mass is 470 g/mol. The zero-order valence-corrected chi connectivity index (χ0v) is 18.6. The molecule has 1 aromatic carbocycles. The topological polar surface area (TPSA) is 77.6 Å². The van der Waals surface area contributed by atoms with Gasteiger partial charge in [-0.2, -0.15) is 10.2 Å². The van der Waals surface area contributed by atoms with Crippen LogP contribution in [0.3, 0.4) is 0 Å². The highest BCUT2D eigenvalue weighted by Crippen LogP contribution is 2.41. The van der Waals surface area contributed by atoms with Crippen LogP contribution in [-0.2, 0) is 17.9 Å². The molecule has 0 saturated heterocycles. The molecule has 1 aliphatic carbocycles. The van der Waals surface area contributed by atoms with Crippen molar-refractivity contribution in [1.29, 1.82) is 0 Å². The van der Waals surface area contributed by atoms with Crippen molar-refractivity contribution >= 4 is 34.4 Å². The third-order valence-corrected chi connectivity index (χ3v) is 5.87. The summed E-state index contributed by atoms with van der Waals surface area (Å²) in [5.74, 6) is 0.226. The lowest BCUT2D eigenvalue weighted by molar-refractivity contribution is -0.116. The summed E-state index contributed by atoms with van der Waals surface area (Å²) in [5, 5.41) is 12.4. The SMILES string of the molecule is Cc1nn(CC(=O)Nc2ccn(Cc3ccc(Cl)cc3)n2)c2nc(C3CC3)cc(C(F)F)c12. The number of hydrogen-bond donors (Lipinski definition) is 1. The zero-order chi connectivity index (χ0) is 23.1. The lowest BCUT2D eigenvalue weighted by Crippen LogP contribution is -2.20. The Morgan fingerprint density at radius 2 is 1.97 bits per heavy atom. The second kappa shape index (κ2) is 8.55. The summed E-state index contributed by atoms with van der Waals surface area (Å²) in [4.78, 5) is 17.3. The number of rotatable bonds is 7. The molecular weight excluding hydrogens is 450 g/mol. The van der Waals surface area contributed by atoms with Crippen LogP contribution in [0.25, 0.3) is 11.0 Å². The van der Waals surface area contributed by atoms with E-state index in [1.54, 1.807) is 23.9 Å². The minimum atomic E-state index is -2.64. The second-order valence-electron chi connectivity index (χ2n) is 8.23. The maximum atomic E-state index is 13.7. The van der Waals surface area contributed by atoms with Gasteiger partial charge in [-0.25, -0.2) is 18.4 Å². The number of pyridine rings is 1. The first-order valence-corrected chi connectivity index (χ1v) is 11.0. The highest BCUT2D eigenvalue weighted by Gasteiger charge is 2.29. The average molecular weight is 471 g/mol. The molecule has 1 saturated carbocycles. The molecular formula is C23H21ClF2N6O. The fourth-order valence-corrected chi connectivity index (χ4v) is 4.02. The van der Waals surface area contributed by atoms with Crippen LogP contribution < -0.4 is 5.32 Å². The second-order valence-corrected chi connectivity index (χ2v) is 8.66. The van der Waals surface area contributed by atoms with E-state index >= 15 is 0 Å². The minimum absolute atomic E-state index is 0.0769. The molecule has 4 aromatic rings. The quantitative estimate of drug-likeness (QED) is 0.408. The molecule has 5 rings (SSSR count). The highest BCUT2D eigenvalue weighted by atomic mass is 35.5. The van der Waals surface area contributed by atoms with Gasteiger partial charge in [0.15, 0.2) is 11.5 Å². The molecule has 3 aromatic heterocycles. The normalized spacial score (nSPS) is 13.7. The highest BCUT2D eigenvalue weighted by molar-refractivity contribution is 6.30. The first-order valence-electron chi connectivity index (χ1n) is 10.6. The van der Waals surface area contributed by atoms with E-state index in [1.807, 2.05) is 24.3 Å². The van der Waals surface area contributed by atoms with Gasteiger partial charge in [-0.15, -0.1) is 0 Å². The lowest BCUT2D eigenvalue weighted by Gasteiger charge is -2.08. The minimum Gasteiger partial charge on any atom is -0.308 e. The van der Waals surface area contributed by atoms with Crippen molar-refractivity contribution in [3.05, 3.63) is 70.1 Å². The third-order valence-electron chi connectivity index (χ3n) is 5.62. The number of benzene rings is 1. The van der Waals surface area contributed by atoms with E-state index in [4.69, 9.17) is 11.6 Å². The number of hydrogen-bond acceptors (Lipinski definition) is 4. The number of aromatic nitrogens is 5. The van der Waals surface area contributed by atoms with E-state index in [1.165, 1.54) is 10.7 Å². The number of nitrogens with zero attached hydrogens (tertiary/aromatic N) is 5. The lowest BCUT2D eigenvalue weighted by atomic mass is 10.1. The van der Waals surface area contributed by atoms with Crippen LogP contribution in [0.5, 0.6) is 0 Å². The molecule has 10 heteroatoms. The Balaban J connectivity index is 1.33. The number of carbonyl (C=O) groups is 1. The summed E-state index contributed by atoms with van der Waals surface area (Å²) in [7, 11) is 0. The molecule has 0 unspecified atom stereocenters. The molecule has 1 amide bonds. The summed E-state index contributed by atoms with van der Waals surface area (Å²) in [6.07, 6.45) is 1.000. The molecule has 1 aliphatic rings. The molecule has 0 spiro atoms. The number of aryl methyl sites for hydroxylation is 1. The summed E-state index contributed by atoms with van der Waals surface area (Å²) in [6.45, 7) is 2.03. The van der Waals surface area contributed by atoms with E-state index < -0.39 is 6.43 Å². The Morgan fingerprint density at radius 3 is 2.67 bits per heavy atom. The molecule has 1 N–H and O–H groups in total. The van der Waals surface area contributed by atoms with Gasteiger partial charge in [0.25, 0.3) is 6.43 Å². The van der Waals surface area contributed by atoms with Gasteiger partial charge in [-0.3, -0.25) is 9.48 Å². The molecule has 0 radical (unpaired) electrons. The van der Waals surface area contributed by atoms with Crippen LogP contribution in [0.2, 0.25) is 5.02 Å². The van der Waals surface area contributed by atoms with Crippen LogP contribution >= 0.6 is 11.6 Å². The predicted molar refractivity (Wildman–Crippen MR) is 121 cm³/mol. The van der Waals surface area contributed by atoms with Crippen LogP contribution in [-0.4, -0.2) is 30.5 Å². The Bertz CT molecular complexity index is 1330. The third kappa shape index (κ3) is 4.59. The maximum absolute atomic E-state index is 13.7. The van der Waals surface area contributed by atoms with Crippen molar-refractivity contribution in [2.24, 2.45) is 0 Å². The molecule has 1 fully saturated rings. The first kappa shape index (κ1) is 21.5. The van der Waals surface area contributed by atoms with E-state index in [0.717, 1.165) is 18.4 Å². The molecule has 3 heterocycles. The van der Waals surface area contributed by atoms with Crippen LogP contribution in [0.4, 0.5) is 14.6 Å². The summed E-state index contributed by atoms with van der Waals surface area (Å²) < 4.78 is 30.5. The van der Waals surface area contributed by atoms with Gasteiger partial charge >= 0.3 is 0 Å². The van der Waals surface area contributed by atoms with Crippen LogP contribution in [0, 0.1) is 6.92 Å². The summed E-state index contributed by atoms with van der Waals surface area (Å²) in [6, 6.07) is 10.6. The van der Waals surface area contributed by atoms with Gasteiger partial charge in [0.05, 0.1) is 17.6 Å². The van der Waals surface area contributed by atoms with Gasteiger partial charge in [-0.05, 0) is 43.5 Å². The fourth-order valence-electron chi connectivity index (χ4n) is 3.89. The number of alkyl halides is 2. The molecule has 7 nitrogen and oxygen atoms in total. The molecule has 0 bridgehead atoms. The van der Waals surface area contributed by atoms with Crippen molar-refractivity contribution in [1.82, 2.24) is 24.5 Å². The van der Waals surface area contributed by atoms with Gasteiger partial charge in [0.2, 0.25) is 5.91 Å². The fraction of sp³-hybridized carbons (Fsp3) is 0.304. The Morgan fingerprint density at radius 1 is 1.21 bits per heavy atom. The number of amides is 1. The molecule has 170 valence electrons. The standard InChI is InChI=1S/C23H21ClF2N6O/c1-13-21-17(22(25)26)10-18(15-4-5-15)27-23(21)32(29-13)12-20(33)28-19-8-9-31(30-19)11-14-2-6-16(24)7-3-14/h2-3,6-10,15,22H,4-5,11-12H2,1H3,(H,28,30,33). The maximum Gasteiger partial charge on any atom is 0.264 e. The van der Waals surface area contributed by atoms with Gasteiger partial charge in [-0.1, -0.05) is 23.7 Å². The van der Waals surface area contributed by atoms with Gasteiger partial charge < -0.3 is 5.32 Å². The van der Waals surface area contributed by atoms with E-state index in [-0.39, 0.29) is 23.9 Å². The van der Waals surface area contributed by atoms with Crippen molar-refractivity contribution in [2.45, 2.75) is 45.2 Å². The van der Waals surface area contributed by atoms with Crippen molar-refractivity contribution < 1.29 is 13.6 Å². The van der Waals surface area contributed by atoms with Gasteiger partial charge in [0, 0.05) is 34.5 Å². The number of nitrogens with one attached hydrogen (secondary N) is 1. The van der Waals surface area contributed by atoms with E-state index in [9.17, 15) is 13.6 Å². The number of carbonyl (C=O) groups excluding carboxylic acids is 1. The Hall–Kier alpha value is -3.33. The smallest absolute Gasteiger partial charge is 0.264 e. The Kier molecular flexibility index (Phi) is 5.57. The van der Waals surface area contributed by atoms with Crippen LogP contribution in [0.1, 0.15) is 47.7 Å². The first-order chi connectivity index (χ1) is 15.9. The van der Waals surface area contributed by atoms with Crippen molar-refractivity contribution in [3.8, 4) is 0 Å². The molecule has 0 aliphatic heterocycles. The van der Waals surface area contributed by atoms with Gasteiger partial charge in [0.1, 0.15) is 6.54 Å². The Labute approximate surface area is 193 Å². The summed E-state index contributed by atoms with van der Waals surface area (Å²) in [5.41, 5.74) is 2.32. The predicted octanol–water partition coefficient (Wildman–Crippen LogP) is 5.09. The largest absolute Gasteiger partial charge is 0.308 e. The number of anilines is 1. The number of halogens is 3. The summed E-state index contributed by atoms with van der Waals surface area (Å²) >= 11 is 5.91. The number of fused-ring (bicyclic) bond motifs is 1. The average Bonchev–Trinajstić information content (AvgIpc) is 3.47. The van der Waals surface area contributed by atoms with E-state index in [2.05, 4.69) is 20.5 Å². The molecule has 0 atom stereocenters. The van der Waals surface area contributed by atoms with Crippen molar-refractivity contribution in [3.63, 3.8) is 0 Å².